The van der Waals surface area contributed by atoms with Crippen LogP contribution in [0.15, 0.2) is 4.99 Å². The lowest BCUT2D eigenvalue weighted by molar-refractivity contribution is -0.0281. The van der Waals surface area contributed by atoms with Crippen LogP contribution in [-0.2, 0) is 19.4 Å². The second-order valence-corrected chi connectivity index (χ2v) is 5.06. The topological polar surface area (TPSA) is 142 Å². The number of aliphatic imine (C=N–C) groups is 1. The molecule has 0 spiro atoms. The van der Waals surface area contributed by atoms with E-state index in [4.69, 9.17) is 20.4 Å². The van der Waals surface area contributed by atoms with Crippen LogP contribution in [-0.4, -0.2) is 67.2 Å². The molecule has 108 valence electrons. The average molecular weight is 293 g/mol. The third kappa shape index (κ3) is 3.61. The minimum Gasteiger partial charge on any atom is -0.378 e. The van der Waals surface area contributed by atoms with Crippen LogP contribution < -0.4 is 5.73 Å². The molecule has 0 bridgehead atoms. The van der Waals surface area contributed by atoms with Crippen LogP contribution in [0.1, 0.15) is 6.42 Å². The molecule has 2 aliphatic rings. The number of hydrogen-bond donors (Lipinski definition) is 3. The van der Waals surface area contributed by atoms with Gasteiger partial charge in [0.25, 0.3) is 0 Å². The van der Waals surface area contributed by atoms with Crippen molar-refractivity contribution >= 4 is 22.2 Å². The summed E-state index contributed by atoms with van der Waals surface area (Å²) in [5.74, 6) is 0.105. The van der Waals surface area contributed by atoms with E-state index in [0.717, 1.165) is 0 Å². The zero-order chi connectivity index (χ0) is 14.0. The highest BCUT2D eigenvalue weighted by molar-refractivity contribution is 7.80. The van der Waals surface area contributed by atoms with Gasteiger partial charge in [0.05, 0.1) is 13.2 Å². The lowest BCUT2D eigenvalue weighted by Crippen LogP contribution is -2.54. The van der Waals surface area contributed by atoms with Gasteiger partial charge in [-0.3, -0.25) is 9.96 Å². The summed E-state index contributed by atoms with van der Waals surface area (Å²) in [5.41, 5.74) is 5.72. The molecule has 1 unspecified atom stereocenters. The maximum absolute atomic E-state index is 10.6. The first-order chi connectivity index (χ1) is 8.87. The summed E-state index contributed by atoms with van der Waals surface area (Å²) in [6.07, 6.45) is -0.706. The quantitative estimate of drug-likeness (QED) is 0.515. The van der Waals surface area contributed by atoms with Crippen molar-refractivity contribution < 1.29 is 22.0 Å². The molecule has 2 aliphatic heterocycles. The fraction of sp³-hybridized carbons (Fsp3) is 0.750. The average Bonchev–Trinajstić information content (AvgIpc) is 2.33. The highest BCUT2D eigenvalue weighted by Gasteiger charge is 2.32. The standard InChI is InChI=1S/C8H15N5O5S/c9-6-5-7(12-1-3-17-4-2-12)11-8(10)13(6)18-19(14,15)16/h6,10H,1-5,9H2,(H,14,15,16). The van der Waals surface area contributed by atoms with Gasteiger partial charge in [-0.2, -0.15) is 18.5 Å². The molecule has 4 N–H and O–H groups in total. The van der Waals surface area contributed by atoms with Crippen LogP contribution in [0.5, 0.6) is 0 Å². The number of ether oxygens (including phenoxy) is 1. The number of nitrogens with one attached hydrogen (secondary N) is 1. The van der Waals surface area contributed by atoms with Gasteiger partial charge in [0, 0.05) is 19.5 Å². The summed E-state index contributed by atoms with van der Waals surface area (Å²) < 4.78 is 39.3. The third-order valence-electron chi connectivity index (χ3n) is 2.69. The third-order valence-corrected chi connectivity index (χ3v) is 3.04. The van der Waals surface area contributed by atoms with Gasteiger partial charge >= 0.3 is 10.4 Å². The first-order valence-electron chi connectivity index (χ1n) is 5.57. The zero-order valence-electron chi connectivity index (χ0n) is 10.0. The Labute approximate surface area is 110 Å². The van der Waals surface area contributed by atoms with Crippen molar-refractivity contribution in [1.82, 2.24) is 9.96 Å². The number of morpholine rings is 1. The Morgan fingerprint density at radius 2 is 2.11 bits per heavy atom. The fourth-order valence-electron chi connectivity index (χ4n) is 1.86. The minimum absolute atomic E-state index is 0.206. The van der Waals surface area contributed by atoms with Crippen molar-refractivity contribution in [3.8, 4) is 0 Å². The molecule has 2 rings (SSSR count). The van der Waals surface area contributed by atoms with Crippen molar-refractivity contribution in [2.75, 3.05) is 26.3 Å². The predicted molar refractivity (Wildman–Crippen MR) is 64.6 cm³/mol. The Morgan fingerprint density at radius 3 is 2.63 bits per heavy atom. The summed E-state index contributed by atoms with van der Waals surface area (Å²) in [4.78, 5) is 5.86. The van der Waals surface area contributed by atoms with Gasteiger partial charge in [0.15, 0.2) is 0 Å². The van der Waals surface area contributed by atoms with Gasteiger partial charge in [-0.05, 0) is 0 Å². The van der Waals surface area contributed by atoms with Crippen molar-refractivity contribution in [2.45, 2.75) is 12.6 Å². The van der Waals surface area contributed by atoms with E-state index in [1.54, 1.807) is 0 Å². The molecule has 19 heavy (non-hydrogen) atoms. The van der Waals surface area contributed by atoms with E-state index in [2.05, 4.69) is 9.28 Å². The highest BCUT2D eigenvalue weighted by atomic mass is 32.3. The summed E-state index contributed by atoms with van der Waals surface area (Å²) in [7, 11) is -4.73. The largest absolute Gasteiger partial charge is 0.418 e. The van der Waals surface area contributed by atoms with Crippen LogP contribution in [0.25, 0.3) is 0 Å². The molecular weight excluding hydrogens is 278 g/mol. The van der Waals surface area contributed by atoms with Gasteiger partial charge in [-0.25, -0.2) is 0 Å². The lowest BCUT2D eigenvalue weighted by Gasteiger charge is -2.36. The normalized spacial score (nSPS) is 25.5. The number of hydrogen-bond acceptors (Lipinski definition) is 7. The van der Waals surface area contributed by atoms with Crippen LogP contribution in [0.4, 0.5) is 0 Å². The molecule has 0 saturated carbocycles. The number of hydroxylamine groups is 2. The molecule has 1 saturated heterocycles. The lowest BCUT2D eigenvalue weighted by atomic mass is 10.2. The molecule has 2 heterocycles. The SMILES string of the molecule is N=C1N=C(N2CCOCC2)CC(N)N1OS(=O)(=O)O. The maximum atomic E-state index is 10.6. The number of rotatable bonds is 2. The molecule has 0 aliphatic carbocycles. The molecule has 0 radical (unpaired) electrons. The Balaban J connectivity index is 2.10. The number of guanidine groups is 1. The van der Waals surface area contributed by atoms with E-state index in [1.165, 1.54) is 0 Å². The molecule has 0 aromatic carbocycles. The van der Waals surface area contributed by atoms with Crippen molar-refractivity contribution in [2.24, 2.45) is 10.7 Å². The van der Waals surface area contributed by atoms with Crippen LogP contribution in [0.3, 0.4) is 0 Å². The van der Waals surface area contributed by atoms with Crippen LogP contribution in [0.2, 0.25) is 0 Å². The molecule has 1 atom stereocenters. The van der Waals surface area contributed by atoms with E-state index < -0.39 is 22.5 Å². The van der Waals surface area contributed by atoms with Gasteiger partial charge < -0.3 is 15.4 Å². The molecule has 0 amide bonds. The summed E-state index contributed by atoms with van der Waals surface area (Å²) in [5, 5.41) is 8.16. The summed E-state index contributed by atoms with van der Waals surface area (Å²) in [6.45, 7) is 2.40. The Hall–Kier alpha value is -1.27. The molecular formula is C8H15N5O5S. The monoisotopic (exact) mass is 293 g/mol. The first-order valence-corrected chi connectivity index (χ1v) is 6.94. The summed E-state index contributed by atoms with van der Waals surface area (Å²) >= 11 is 0. The Bertz CT molecular complexity index is 486. The van der Waals surface area contributed by atoms with E-state index in [9.17, 15) is 8.42 Å². The number of amidine groups is 1. The first kappa shape index (κ1) is 14.1. The number of nitrogens with two attached hydrogens (primary N) is 1. The fourth-order valence-corrected chi connectivity index (χ4v) is 2.24. The molecule has 1 fully saturated rings. The van der Waals surface area contributed by atoms with Gasteiger partial charge in [-0.15, -0.1) is 4.28 Å². The summed E-state index contributed by atoms with van der Waals surface area (Å²) in [6, 6.07) is 0. The van der Waals surface area contributed by atoms with Crippen molar-refractivity contribution in [1.29, 1.82) is 5.41 Å². The predicted octanol–water partition coefficient (Wildman–Crippen LogP) is -1.62. The van der Waals surface area contributed by atoms with Gasteiger partial charge in [0.1, 0.15) is 12.0 Å². The van der Waals surface area contributed by atoms with Gasteiger partial charge in [0.2, 0.25) is 5.96 Å². The van der Waals surface area contributed by atoms with E-state index >= 15 is 0 Å². The van der Waals surface area contributed by atoms with Crippen molar-refractivity contribution in [3.05, 3.63) is 0 Å². The molecule has 11 heteroatoms. The number of nitrogens with zero attached hydrogens (tertiary/aromatic N) is 3. The van der Waals surface area contributed by atoms with Crippen LogP contribution in [0, 0.1) is 5.41 Å². The molecule has 10 nitrogen and oxygen atoms in total. The maximum Gasteiger partial charge on any atom is 0.418 e. The van der Waals surface area contributed by atoms with Gasteiger partial charge in [-0.1, -0.05) is 0 Å². The van der Waals surface area contributed by atoms with E-state index in [1.807, 2.05) is 4.90 Å². The van der Waals surface area contributed by atoms with E-state index in [0.29, 0.717) is 37.2 Å². The molecule has 0 aromatic rings. The second kappa shape index (κ2) is 5.38. The highest BCUT2D eigenvalue weighted by Crippen LogP contribution is 2.15. The Kier molecular flexibility index (Phi) is 4.01. The van der Waals surface area contributed by atoms with Crippen LogP contribution >= 0.6 is 0 Å². The Morgan fingerprint density at radius 1 is 1.47 bits per heavy atom. The molecule has 0 aromatic heterocycles. The smallest absolute Gasteiger partial charge is 0.378 e. The van der Waals surface area contributed by atoms with Crippen molar-refractivity contribution in [3.63, 3.8) is 0 Å². The minimum atomic E-state index is -4.73. The van der Waals surface area contributed by atoms with E-state index in [-0.39, 0.29) is 6.42 Å². The zero-order valence-corrected chi connectivity index (χ0v) is 10.8. The second-order valence-electron chi connectivity index (χ2n) is 4.05.